The molecule has 1 aliphatic carbocycles. The minimum Gasteiger partial charge on any atom is -0.504 e. The number of Topliss-reactive ketones (excluding diaryl/α,β-unsaturated/α-hetero) is 1. The van der Waals surface area contributed by atoms with Crippen LogP contribution < -0.4 is 5.32 Å². The molecule has 0 bridgehead atoms. The second-order valence-electron chi connectivity index (χ2n) is 9.65. The summed E-state index contributed by atoms with van der Waals surface area (Å²) in [5.74, 6) is -0.687. The molecule has 180 valence electrons. The maximum Gasteiger partial charge on any atom is 0.170 e. The van der Waals surface area contributed by atoms with Crippen LogP contribution in [0.2, 0.25) is 5.02 Å². The number of nitrogens with zero attached hydrogens (tertiary/aromatic N) is 2. The summed E-state index contributed by atoms with van der Waals surface area (Å²) >= 11 is 6.02. The van der Waals surface area contributed by atoms with E-state index in [9.17, 15) is 14.3 Å². The molecule has 2 aromatic carbocycles. The van der Waals surface area contributed by atoms with Crippen molar-refractivity contribution < 1.29 is 14.3 Å². The minimum atomic E-state index is -0.776. The number of halogens is 2. The first-order chi connectivity index (χ1) is 16.1. The van der Waals surface area contributed by atoms with E-state index in [0.717, 1.165) is 54.4 Å². The summed E-state index contributed by atoms with van der Waals surface area (Å²) in [6.07, 6.45) is 4.36. The maximum atomic E-state index is 14.2. The molecule has 34 heavy (non-hydrogen) atoms. The zero-order chi connectivity index (χ0) is 24.6. The Hall–Kier alpha value is -2.70. The third kappa shape index (κ3) is 5.03. The van der Waals surface area contributed by atoms with Gasteiger partial charge in [-0.1, -0.05) is 17.7 Å². The van der Waals surface area contributed by atoms with Crippen LogP contribution in [0.1, 0.15) is 48.7 Å². The Kier molecular flexibility index (Phi) is 7.10. The molecule has 7 heteroatoms. The topological polar surface area (TPSA) is 65.5 Å². The number of pyridine rings is 1. The molecule has 2 N–H and O–H groups in total. The number of benzene rings is 2. The van der Waals surface area contributed by atoms with Gasteiger partial charge in [-0.2, -0.15) is 0 Å². The van der Waals surface area contributed by atoms with Crippen molar-refractivity contribution in [3.05, 3.63) is 52.4 Å². The van der Waals surface area contributed by atoms with Crippen molar-refractivity contribution in [2.24, 2.45) is 5.92 Å². The molecule has 0 unspecified atom stereocenters. The van der Waals surface area contributed by atoms with Crippen LogP contribution in [0.4, 0.5) is 10.1 Å². The average molecular weight is 484 g/mol. The lowest BCUT2D eigenvalue weighted by atomic mass is 9.85. The first-order valence-corrected chi connectivity index (χ1v) is 12.1. The van der Waals surface area contributed by atoms with Gasteiger partial charge in [0, 0.05) is 18.0 Å². The Labute approximate surface area is 204 Å². The summed E-state index contributed by atoms with van der Waals surface area (Å²) in [7, 11) is 4.22. The van der Waals surface area contributed by atoms with Crippen LogP contribution in [-0.4, -0.2) is 47.5 Å². The van der Waals surface area contributed by atoms with E-state index < -0.39 is 11.6 Å². The van der Waals surface area contributed by atoms with E-state index in [1.165, 1.54) is 12.1 Å². The molecule has 0 aliphatic heterocycles. The van der Waals surface area contributed by atoms with E-state index in [2.05, 4.69) is 29.3 Å². The number of hydrogen-bond acceptors (Lipinski definition) is 5. The number of aryl methyl sites for hydroxylation is 1. The fraction of sp³-hybridized carbons (Fsp3) is 0.407. The second-order valence-corrected chi connectivity index (χ2v) is 10.1. The number of carbonyl (C=O) groups is 1. The minimum absolute atomic E-state index is 0.0418. The van der Waals surface area contributed by atoms with Crippen molar-refractivity contribution in [3.63, 3.8) is 0 Å². The van der Waals surface area contributed by atoms with Crippen molar-refractivity contribution in [1.82, 2.24) is 9.88 Å². The Morgan fingerprint density at radius 2 is 1.88 bits per heavy atom. The lowest BCUT2D eigenvalue weighted by Crippen LogP contribution is -2.31. The van der Waals surface area contributed by atoms with E-state index >= 15 is 0 Å². The van der Waals surface area contributed by atoms with Crippen molar-refractivity contribution in [1.29, 1.82) is 0 Å². The number of carbonyl (C=O) groups excluding carboxylic acids is 1. The van der Waals surface area contributed by atoms with Gasteiger partial charge < -0.3 is 15.3 Å². The number of fused-ring (bicyclic) bond motifs is 1. The smallest absolute Gasteiger partial charge is 0.170 e. The Morgan fingerprint density at radius 1 is 1.18 bits per heavy atom. The monoisotopic (exact) mass is 483 g/mol. The van der Waals surface area contributed by atoms with Crippen molar-refractivity contribution in [2.45, 2.75) is 45.6 Å². The maximum absolute atomic E-state index is 14.2. The summed E-state index contributed by atoms with van der Waals surface area (Å²) in [5.41, 5.74) is 4.11. The van der Waals surface area contributed by atoms with Crippen LogP contribution in [0.15, 0.2) is 30.3 Å². The first-order valence-electron chi connectivity index (χ1n) is 11.7. The van der Waals surface area contributed by atoms with Crippen molar-refractivity contribution in [3.8, 4) is 16.9 Å². The number of hydrogen-bond donors (Lipinski definition) is 2. The van der Waals surface area contributed by atoms with Gasteiger partial charge in [-0.15, -0.1) is 0 Å². The molecule has 0 amide bonds. The molecule has 1 heterocycles. The van der Waals surface area contributed by atoms with Gasteiger partial charge in [0.15, 0.2) is 17.3 Å². The van der Waals surface area contributed by atoms with Gasteiger partial charge >= 0.3 is 0 Å². The quantitative estimate of drug-likeness (QED) is 0.395. The number of anilines is 1. The van der Waals surface area contributed by atoms with E-state index in [-0.39, 0.29) is 16.8 Å². The van der Waals surface area contributed by atoms with E-state index in [4.69, 9.17) is 11.6 Å². The summed E-state index contributed by atoms with van der Waals surface area (Å²) in [4.78, 5) is 19.6. The Balaban J connectivity index is 1.75. The highest BCUT2D eigenvalue weighted by Crippen LogP contribution is 2.37. The summed E-state index contributed by atoms with van der Waals surface area (Å²) in [6, 6.07) is 8.70. The highest BCUT2D eigenvalue weighted by atomic mass is 35.5. The lowest BCUT2D eigenvalue weighted by molar-refractivity contribution is 0.101. The molecule has 1 saturated carbocycles. The van der Waals surface area contributed by atoms with Crippen molar-refractivity contribution >= 4 is 34.0 Å². The normalized spacial score (nSPS) is 18.4. The molecule has 4 rings (SSSR count). The zero-order valence-corrected chi connectivity index (χ0v) is 20.8. The molecule has 0 atom stereocenters. The van der Waals surface area contributed by atoms with Crippen molar-refractivity contribution in [2.75, 3.05) is 26.0 Å². The van der Waals surface area contributed by atoms with Gasteiger partial charge in [0.1, 0.15) is 0 Å². The number of rotatable bonds is 6. The molecular formula is C27H31ClFN3O2. The zero-order valence-electron chi connectivity index (χ0n) is 20.1. The summed E-state index contributed by atoms with van der Waals surface area (Å²) in [6.45, 7) is 4.52. The molecule has 5 nitrogen and oxygen atoms in total. The number of aromatic nitrogens is 1. The highest BCUT2D eigenvalue weighted by Gasteiger charge is 2.25. The van der Waals surface area contributed by atoms with E-state index in [1.807, 2.05) is 25.1 Å². The standard InChI is InChI=1S/C27H31ClFN3O2/c1-15-25(16(2)33)26(31-20-8-5-17(6-9-20)14-32(3)4)21-11-18(7-10-24(21)30-15)19-12-22(28)27(34)23(29)13-19/h7,10-13,17,20,34H,5-6,8-9,14H2,1-4H3,(H,30,31)/t17-,20-. The van der Waals surface area contributed by atoms with Crippen LogP contribution in [0, 0.1) is 18.7 Å². The van der Waals surface area contributed by atoms with Crippen LogP contribution in [0.5, 0.6) is 5.75 Å². The average Bonchev–Trinajstić information content (AvgIpc) is 2.77. The van der Waals surface area contributed by atoms with Crippen LogP contribution >= 0.6 is 11.6 Å². The number of phenolic OH excluding ortho intramolecular Hbond substituents is 1. The molecule has 1 aliphatic rings. The molecular weight excluding hydrogens is 453 g/mol. The van der Waals surface area contributed by atoms with Crippen LogP contribution in [0.3, 0.4) is 0 Å². The van der Waals surface area contributed by atoms with Gasteiger partial charge in [-0.3, -0.25) is 9.78 Å². The molecule has 3 aromatic rings. The predicted molar refractivity (Wildman–Crippen MR) is 136 cm³/mol. The molecule has 0 saturated heterocycles. The van der Waals surface area contributed by atoms with Gasteiger partial charge in [0.2, 0.25) is 0 Å². The number of nitrogens with one attached hydrogen (secondary N) is 1. The molecule has 1 fully saturated rings. The number of aromatic hydroxyl groups is 1. The highest BCUT2D eigenvalue weighted by molar-refractivity contribution is 6.32. The first kappa shape index (κ1) is 24.4. The summed E-state index contributed by atoms with van der Waals surface area (Å²) in [5, 5.41) is 14.2. The Morgan fingerprint density at radius 3 is 2.50 bits per heavy atom. The van der Waals surface area contributed by atoms with E-state index in [0.29, 0.717) is 22.7 Å². The van der Waals surface area contributed by atoms with Gasteiger partial charge in [0.25, 0.3) is 0 Å². The largest absolute Gasteiger partial charge is 0.504 e. The summed E-state index contributed by atoms with van der Waals surface area (Å²) < 4.78 is 14.2. The van der Waals surface area contributed by atoms with Gasteiger partial charge in [-0.25, -0.2) is 4.39 Å². The number of phenols is 1. The predicted octanol–water partition coefficient (Wildman–Crippen LogP) is 6.44. The fourth-order valence-electron chi connectivity index (χ4n) is 5.09. The van der Waals surface area contributed by atoms with Gasteiger partial charge in [0.05, 0.1) is 27.5 Å². The molecule has 0 radical (unpaired) electrons. The fourth-order valence-corrected chi connectivity index (χ4v) is 5.30. The second kappa shape index (κ2) is 9.88. The third-order valence-corrected chi connectivity index (χ3v) is 6.97. The Bertz CT molecular complexity index is 1210. The van der Waals surface area contributed by atoms with Crippen LogP contribution in [0.25, 0.3) is 22.0 Å². The molecule has 1 aromatic heterocycles. The third-order valence-electron chi connectivity index (χ3n) is 6.69. The lowest BCUT2D eigenvalue weighted by Gasteiger charge is -2.32. The van der Waals surface area contributed by atoms with E-state index in [1.54, 1.807) is 6.92 Å². The molecule has 0 spiro atoms. The number of ketones is 1. The SMILES string of the molecule is CC(=O)c1c(C)nc2ccc(-c3cc(F)c(O)c(Cl)c3)cc2c1N[C@H]1CC[C@H](CN(C)C)CC1. The van der Waals surface area contributed by atoms with Gasteiger partial charge in [-0.05, 0) is 94.9 Å². The van der Waals surface area contributed by atoms with Crippen LogP contribution in [-0.2, 0) is 0 Å².